The Hall–Kier alpha value is -0.940. The molecular weight excluding hydrogens is 266 g/mol. The molecule has 120 valence electrons. The molecule has 0 aliphatic heterocycles. The van der Waals surface area contributed by atoms with Crippen LogP contribution in [0.5, 0.6) is 0 Å². The summed E-state index contributed by atoms with van der Waals surface area (Å²) in [6.07, 6.45) is 0.114. The number of benzene rings is 1. The molecule has 0 radical (unpaired) electrons. The van der Waals surface area contributed by atoms with Gasteiger partial charge in [0.25, 0.3) is 0 Å². The fraction of sp³-hybridized carbons (Fsp3) is 0.647. The van der Waals surface area contributed by atoms with Crippen molar-refractivity contribution in [1.29, 1.82) is 0 Å². The third-order valence-corrected chi connectivity index (χ3v) is 3.43. The topological polar surface area (TPSA) is 39.7 Å². The van der Waals surface area contributed by atoms with Gasteiger partial charge in [-0.05, 0) is 18.5 Å². The zero-order valence-corrected chi connectivity index (χ0v) is 13.7. The second kappa shape index (κ2) is 10.7. The van der Waals surface area contributed by atoms with E-state index in [4.69, 9.17) is 14.2 Å². The molecule has 0 saturated heterocycles. The van der Waals surface area contributed by atoms with E-state index in [2.05, 4.69) is 43.4 Å². The molecule has 0 heterocycles. The standard InChI is InChI=1S/C17H29NO3/c1-14(2)17(21-13-12-20-11-10-19-4)16(18-3)15-8-6-5-7-9-15/h5-9,14,16-18H,10-13H2,1-4H3. The maximum atomic E-state index is 6.06. The Bertz CT molecular complexity index is 356. The number of methoxy groups -OCH3 is 1. The fourth-order valence-electron chi connectivity index (χ4n) is 2.34. The lowest BCUT2D eigenvalue weighted by Crippen LogP contribution is -2.36. The molecular formula is C17H29NO3. The summed E-state index contributed by atoms with van der Waals surface area (Å²) in [5, 5.41) is 3.38. The van der Waals surface area contributed by atoms with E-state index in [0.29, 0.717) is 32.3 Å². The highest BCUT2D eigenvalue weighted by atomic mass is 16.5. The Morgan fingerprint density at radius 1 is 1.00 bits per heavy atom. The van der Waals surface area contributed by atoms with Gasteiger partial charge in [-0.15, -0.1) is 0 Å². The average molecular weight is 295 g/mol. The van der Waals surface area contributed by atoms with Crippen LogP contribution < -0.4 is 5.32 Å². The highest BCUT2D eigenvalue weighted by molar-refractivity contribution is 5.20. The third-order valence-electron chi connectivity index (χ3n) is 3.43. The molecule has 21 heavy (non-hydrogen) atoms. The molecule has 1 aromatic carbocycles. The van der Waals surface area contributed by atoms with Gasteiger partial charge in [0, 0.05) is 7.11 Å². The minimum atomic E-state index is 0.114. The van der Waals surface area contributed by atoms with Crippen LogP contribution in [-0.4, -0.2) is 46.7 Å². The van der Waals surface area contributed by atoms with Gasteiger partial charge < -0.3 is 19.5 Å². The first kappa shape index (κ1) is 18.1. The van der Waals surface area contributed by atoms with Crippen molar-refractivity contribution in [2.75, 3.05) is 40.6 Å². The molecule has 1 N–H and O–H groups in total. The monoisotopic (exact) mass is 295 g/mol. The molecule has 0 fully saturated rings. The maximum Gasteiger partial charge on any atom is 0.0793 e. The molecule has 0 aliphatic rings. The van der Waals surface area contributed by atoms with Gasteiger partial charge in [0.15, 0.2) is 0 Å². The van der Waals surface area contributed by atoms with Crippen LogP contribution in [0.2, 0.25) is 0 Å². The Kier molecular flexibility index (Phi) is 9.26. The van der Waals surface area contributed by atoms with Crippen molar-refractivity contribution < 1.29 is 14.2 Å². The van der Waals surface area contributed by atoms with Crippen molar-refractivity contribution in [3.8, 4) is 0 Å². The van der Waals surface area contributed by atoms with Gasteiger partial charge in [0.05, 0.1) is 38.6 Å². The van der Waals surface area contributed by atoms with E-state index in [0.717, 1.165) is 0 Å². The van der Waals surface area contributed by atoms with Crippen LogP contribution in [0, 0.1) is 5.92 Å². The van der Waals surface area contributed by atoms with E-state index in [1.807, 2.05) is 13.1 Å². The molecule has 1 aromatic rings. The van der Waals surface area contributed by atoms with Gasteiger partial charge in [0.2, 0.25) is 0 Å². The molecule has 0 aromatic heterocycles. The van der Waals surface area contributed by atoms with Crippen LogP contribution in [0.3, 0.4) is 0 Å². The van der Waals surface area contributed by atoms with Crippen LogP contribution in [-0.2, 0) is 14.2 Å². The quantitative estimate of drug-likeness (QED) is 0.637. The largest absolute Gasteiger partial charge is 0.382 e. The zero-order valence-electron chi connectivity index (χ0n) is 13.7. The lowest BCUT2D eigenvalue weighted by molar-refractivity contribution is -0.0374. The molecule has 2 unspecified atom stereocenters. The summed E-state index contributed by atoms with van der Waals surface area (Å²) in [5.74, 6) is 0.418. The SMILES string of the molecule is CNC(c1ccccc1)C(OCCOCCOC)C(C)C. The summed E-state index contributed by atoms with van der Waals surface area (Å²) >= 11 is 0. The second-order valence-corrected chi connectivity index (χ2v) is 5.36. The van der Waals surface area contributed by atoms with E-state index >= 15 is 0 Å². The fourth-order valence-corrected chi connectivity index (χ4v) is 2.34. The molecule has 4 nitrogen and oxygen atoms in total. The van der Waals surface area contributed by atoms with Gasteiger partial charge in [-0.1, -0.05) is 44.2 Å². The summed E-state index contributed by atoms with van der Waals surface area (Å²) in [4.78, 5) is 0. The van der Waals surface area contributed by atoms with Gasteiger partial charge in [-0.3, -0.25) is 0 Å². The van der Waals surface area contributed by atoms with Gasteiger partial charge in [0.1, 0.15) is 0 Å². The highest BCUT2D eigenvalue weighted by Crippen LogP contribution is 2.24. The smallest absolute Gasteiger partial charge is 0.0793 e. The molecule has 0 saturated carbocycles. The van der Waals surface area contributed by atoms with Gasteiger partial charge >= 0.3 is 0 Å². The first-order valence-electron chi connectivity index (χ1n) is 7.61. The Balaban J connectivity index is 2.51. The predicted octanol–water partition coefficient (Wildman–Crippen LogP) is 2.65. The first-order valence-corrected chi connectivity index (χ1v) is 7.61. The van der Waals surface area contributed by atoms with Crippen molar-refractivity contribution >= 4 is 0 Å². The number of hydrogen-bond acceptors (Lipinski definition) is 4. The average Bonchev–Trinajstić information content (AvgIpc) is 2.50. The summed E-state index contributed by atoms with van der Waals surface area (Å²) < 4.78 is 16.5. The molecule has 1 rings (SSSR count). The molecule has 0 aliphatic carbocycles. The summed E-state index contributed by atoms with van der Waals surface area (Å²) in [6.45, 7) is 6.79. The number of ether oxygens (including phenoxy) is 3. The Labute approximate surface area is 128 Å². The van der Waals surface area contributed by atoms with Gasteiger partial charge in [-0.25, -0.2) is 0 Å². The second-order valence-electron chi connectivity index (χ2n) is 5.36. The van der Waals surface area contributed by atoms with E-state index in [1.165, 1.54) is 5.56 Å². The number of hydrogen-bond donors (Lipinski definition) is 1. The summed E-state index contributed by atoms with van der Waals surface area (Å²) in [5.41, 5.74) is 1.25. The number of nitrogens with one attached hydrogen (secondary N) is 1. The molecule has 4 heteroatoms. The lowest BCUT2D eigenvalue weighted by atomic mass is 9.93. The summed E-state index contributed by atoms with van der Waals surface area (Å²) in [7, 11) is 3.65. The van der Waals surface area contributed by atoms with Crippen molar-refractivity contribution in [3.63, 3.8) is 0 Å². The lowest BCUT2D eigenvalue weighted by Gasteiger charge is -2.30. The van der Waals surface area contributed by atoms with E-state index in [9.17, 15) is 0 Å². The molecule has 2 atom stereocenters. The predicted molar refractivity (Wildman–Crippen MR) is 85.5 cm³/mol. The molecule has 0 amide bonds. The van der Waals surface area contributed by atoms with Crippen LogP contribution in [0.4, 0.5) is 0 Å². The Morgan fingerprint density at radius 3 is 2.24 bits per heavy atom. The molecule has 0 spiro atoms. The van der Waals surface area contributed by atoms with Crippen molar-refractivity contribution in [2.45, 2.75) is 26.0 Å². The zero-order chi connectivity index (χ0) is 15.5. The van der Waals surface area contributed by atoms with Crippen LogP contribution in [0.1, 0.15) is 25.5 Å². The Morgan fingerprint density at radius 2 is 1.67 bits per heavy atom. The highest BCUT2D eigenvalue weighted by Gasteiger charge is 2.25. The maximum absolute atomic E-state index is 6.06. The first-order chi connectivity index (χ1) is 10.2. The van der Waals surface area contributed by atoms with E-state index < -0.39 is 0 Å². The van der Waals surface area contributed by atoms with Gasteiger partial charge in [-0.2, -0.15) is 0 Å². The van der Waals surface area contributed by atoms with Crippen LogP contribution >= 0.6 is 0 Å². The van der Waals surface area contributed by atoms with Crippen molar-refractivity contribution in [3.05, 3.63) is 35.9 Å². The normalized spacial score (nSPS) is 14.3. The van der Waals surface area contributed by atoms with Crippen LogP contribution in [0.15, 0.2) is 30.3 Å². The third kappa shape index (κ3) is 6.57. The molecule has 0 bridgehead atoms. The van der Waals surface area contributed by atoms with E-state index in [-0.39, 0.29) is 12.1 Å². The minimum absolute atomic E-state index is 0.114. The van der Waals surface area contributed by atoms with E-state index in [1.54, 1.807) is 7.11 Å². The number of rotatable bonds is 11. The number of likely N-dealkylation sites (N-methyl/N-ethyl adjacent to an activating group) is 1. The van der Waals surface area contributed by atoms with Crippen molar-refractivity contribution in [1.82, 2.24) is 5.32 Å². The minimum Gasteiger partial charge on any atom is -0.382 e. The summed E-state index contributed by atoms with van der Waals surface area (Å²) in [6, 6.07) is 10.6. The van der Waals surface area contributed by atoms with Crippen molar-refractivity contribution in [2.24, 2.45) is 5.92 Å². The van der Waals surface area contributed by atoms with Crippen LogP contribution in [0.25, 0.3) is 0 Å².